The molecule has 0 saturated carbocycles. The van der Waals surface area contributed by atoms with Crippen molar-refractivity contribution in [3.63, 3.8) is 0 Å². The van der Waals surface area contributed by atoms with E-state index in [0.717, 1.165) is 24.4 Å². The zero-order chi connectivity index (χ0) is 14.8. The van der Waals surface area contributed by atoms with Gasteiger partial charge in [0.25, 0.3) is 0 Å². The van der Waals surface area contributed by atoms with Gasteiger partial charge in [-0.25, -0.2) is 0 Å². The third kappa shape index (κ3) is 2.99. The molecule has 2 unspecified atom stereocenters. The zero-order valence-corrected chi connectivity index (χ0v) is 13.4. The molecular formula is C18H26N2O. The van der Waals surface area contributed by atoms with E-state index in [1.165, 1.54) is 30.3 Å². The van der Waals surface area contributed by atoms with E-state index in [9.17, 15) is 0 Å². The zero-order valence-electron chi connectivity index (χ0n) is 13.4. The van der Waals surface area contributed by atoms with Gasteiger partial charge in [-0.05, 0) is 51.4 Å². The van der Waals surface area contributed by atoms with E-state index in [1.807, 2.05) is 6.07 Å². The normalized spacial score (nSPS) is 21.8. The molecule has 1 fully saturated rings. The fourth-order valence-electron chi connectivity index (χ4n) is 3.51. The van der Waals surface area contributed by atoms with Gasteiger partial charge in [0.05, 0.1) is 6.04 Å². The molecule has 2 atom stereocenters. The summed E-state index contributed by atoms with van der Waals surface area (Å²) in [6, 6.07) is 9.14. The maximum Gasteiger partial charge on any atom is 0.134 e. The first-order valence-electron chi connectivity index (χ1n) is 8.15. The summed E-state index contributed by atoms with van der Waals surface area (Å²) in [6.45, 7) is 10.2. The average molecular weight is 286 g/mol. The number of aryl methyl sites for hydroxylation is 1. The third-order valence-electron chi connectivity index (χ3n) is 4.71. The number of hydrogen-bond acceptors (Lipinski definition) is 3. The first-order valence-corrected chi connectivity index (χ1v) is 8.15. The molecule has 1 N–H and O–H groups in total. The van der Waals surface area contributed by atoms with Crippen molar-refractivity contribution in [3.05, 3.63) is 35.6 Å². The summed E-state index contributed by atoms with van der Waals surface area (Å²) >= 11 is 0. The maximum absolute atomic E-state index is 6.08. The summed E-state index contributed by atoms with van der Waals surface area (Å²) < 4.78 is 6.08. The van der Waals surface area contributed by atoms with Crippen LogP contribution in [0.3, 0.4) is 0 Å². The van der Waals surface area contributed by atoms with Crippen molar-refractivity contribution in [1.29, 1.82) is 0 Å². The highest BCUT2D eigenvalue weighted by Gasteiger charge is 2.23. The standard InChI is InChI=1S/C18H26N2O/c1-4-20-11-7-8-15(12-20)19-14(3)18-13(2)16-9-5-6-10-17(16)21-18/h5-6,9-10,14-15,19H,4,7-8,11-12H2,1-3H3. The van der Waals surface area contributed by atoms with Gasteiger partial charge in [0.15, 0.2) is 0 Å². The quantitative estimate of drug-likeness (QED) is 0.924. The number of fused-ring (bicyclic) bond motifs is 1. The summed E-state index contributed by atoms with van der Waals surface area (Å²) in [5.41, 5.74) is 2.27. The minimum Gasteiger partial charge on any atom is -0.459 e. The molecule has 1 aromatic carbocycles. The Bertz CT molecular complexity index is 604. The lowest BCUT2D eigenvalue weighted by atomic mass is 10.0. The van der Waals surface area contributed by atoms with E-state index in [2.05, 4.69) is 49.2 Å². The average Bonchev–Trinajstić information content (AvgIpc) is 2.85. The number of rotatable bonds is 4. The molecule has 114 valence electrons. The van der Waals surface area contributed by atoms with Gasteiger partial charge in [-0.1, -0.05) is 25.1 Å². The molecule has 1 aromatic heterocycles. The number of nitrogens with one attached hydrogen (secondary N) is 1. The number of hydrogen-bond donors (Lipinski definition) is 1. The molecule has 1 aliphatic heterocycles. The summed E-state index contributed by atoms with van der Waals surface area (Å²) in [6.07, 6.45) is 2.55. The number of likely N-dealkylation sites (N-methyl/N-ethyl adjacent to an activating group) is 1. The number of para-hydroxylation sites is 1. The van der Waals surface area contributed by atoms with Crippen LogP contribution in [0, 0.1) is 6.92 Å². The lowest BCUT2D eigenvalue weighted by molar-refractivity contribution is 0.189. The minimum atomic E-state index is 0.263. The molecule has 0 radical (unpaired) electrons. The lowest BCUT2D eigenvalue weighted by Crippen LogP contribution is -2.46. The van der Waals surface area contributed by atoms with E-state index in [4.69, 9.17) is 4.42 Å². The number of nitrogens with zero attached hydrogens (tertiary/aromatic N) is 1. The van der Waals surface area contributed by atoms with Crippen molar-refractivity contribution in [3.8, 4) is 0 Å². The SMILES string of the molecule is CCN1CCCC(NC(C)c2oc3ccccc3c2C)C1. The van der Waals surface area contributed by atoms with Crippen LogP contribution in [-0.4, -0.2) is 30.6 Å². The second-order valence-electron chi connectivity index (χ2n) is 6.21. The van der Waals surface area contributed by atoms with E-state index < -0.39 is 0 Å². The van der Waals surface area contributed by atoms with Crippen LogP contribution < -0.4 is 5.32 Å². The smallest absolute Gasteiger partial charge is 0.134 e. The molecule has 0 bridgehead atoms. The molecule has 2 aromatic rings. The third-order valence-corrected chi connectivity index (χ3v) is 4.71. The number of piperidine rings is 1. The summed E-state index contributed by atoms with van der Waals surface area (Å²) in [5.74, 6) is 1.09. The highest BCUT2D eigenvalue weighted by atomic mass is 16.3. The monoisotopic (exact) mass is 286 g/mol. The van der Waals surface area contributed by atoms with E-state index in [-0.39, 0.29) is 6.04 Å². The molecule has 2 heterocycles. The van der Waals surface area contributed by atoms with Crippen molar-refractivity contribution in [2.75, 3.05) is 19.6 Å². The Morgan fingerprint density at radius 1 is 1.38 bits per heavy atom. The molecule has 1 saturated heterocycles. The number of furan rings is 1. The van der Waals surface area contributed by atoms with Gasteiger partial charge in [0.2, 0.25) is 0 Å². The first-order chi connectivity index (χ1) is 10.2. The fraction of sp³-hybridized carbons (Fsp3) is 0.556. The van der Waals surface area contributed by atoms with Gasteiger partial charge in [-0.15, -0.1) is 0 Å². The second-order valence-corrected chi connectivity index (χ2v) is 6.21. The fourth-order valence-corrected chi connectivity index (χ4v) is 3.51. The summed E-state index contributed by atoms with van der Waals surface area (Å²) in [4.78, 5) is 2.53. The van der Waals surface area contributed by atoms with Gasteiger partial charge in [-0.3, -0.25) is 0 Å². The van der Waals surface area contributed by atoms with Gasteiger partial charge in [0.1, 0.15) is 11.3 Å². The Morgan fingerprint density at radius 3 is 2.95 bits per heavy atom. The minimum absolute atomic E-state index is 0.263. The Morgan fingerprint density at radius 2 is 2.19 bits per heavy atom. The largest absolute Gasteiger partial charge is 0.459 e. The van der Waals surface area contributed by atoms with Crippen LogP contribution >= 0.6 is 0 Å². The predicted molar refractivity (Wildman–Crippen MR) is 87.6 cm³/mol. The van der Waals surface area contributed by atoms with Crippen LogP contribution in [0.15, 0.2) is 28.7 Å². The van der Waals surface area contributed by atoms with Crippen LogP contribution in [0.4, 0.5) is 0 Å². The molecule has 0 aliphatic carbocycles. The molecule has 3 heteroatoms. The topological polar surface area (TPSA) is 28.4 Å². The summed E-state index contributed by atoms with van der Waals surface area (Å²) in [5, 5.41) is 5.00. The molecule has 1 aliphatic rings. The molecule has 0 spiro atoms. The molecule has 3 rings (SSSR count). The summed E-state index contributed by atoms with van der Waals surface area (Å²) in [7, 11) is 0. The van der Waals surface area contributed by atoms with Gasteiger partial charge in [0, 0.05) is 18.0 Å². The Hall–Kier alpha value is -1.32. The molecular weight excluding hydrogens is 260 g/mol. The molecule has 21 heavy (non-hydrogen) atoms. The molecule has 0 amide bonds. The van der Waals surface area contributed by atoms with E-state index >= 15 is 0 Å². The Balaban J connectivity index is 1.74. The van der Waals surface area contributed by atoms with Gasteiger partial charge >= 0.3 is 0 Å². The van der Waals surface area contributed by atoms with Crippen molar-refractivity contribution in [2.45, 2.75) is 45.7 Å². The van der Waals surface area contributed by atoms with Crippen molar-refractivity contribution >= 4 is 11.0 Å². The van der Waals surface area contributed by atoms with E-state index in [0.29, 0.717) is 6.04 Å². The van der Waals surface area contributed by atoms with Crippen LogP contribution in [0.25, 0.3) is 11.0 Å². The highest BCUT2D eigenvalue weighted by molar-refractivity contribution is 5.82. The van der Waals surface area contributed by atoms with Gasteiger partial charge in [-0.2, -0.15) is 0 Å². The van der Waals surface area contributed by atoms with Crippen LogP contribution in [0.5, 0.6) is 0 Å². The van der Waals surface area contributed by atoms with Crippen LogP contribution in [0.1, 0.15) is 44.1 Å². The Labute approximate surface area is 127 Å². The number of likely N-dealkylation sites (tertiary alicyclic amines) is 1. The Kier molecular flexibility index (Phi) is 4.32. The lowest BCUT2D eigenvalue weighted by Gasteiger charge is -2.33. The first kappa shape index (κ1) is 14.6. The van der Waals surface area contributed by atoms with Crippen molar-refractivity contribution in [1.82, 2.24) is 10.2 Å². The van der Waals surface area contributed by atoms with Gasteiger partial charge < -0.3 is 14.6 Å². The van der Waals surface area contributed by atoms with Crippen molar-refractivity contribution in [2.24, 2.45) is 0 Å². The predicted octanol–water partition coefficient (Wildman–Crippen LogP) is 3.88. The van der Waals surface area contributed by atoms with E-state index in [1.54, 1.807) is 0 Å². The maximum atomic E-state index is 6.08. The van der Waals surface area contributed by atoms with Crippen LogP contribution in [0.2, 0.25) is 0 Å². The van der Waals surface area contributed by atoms with Crippen molar-refractivity contribution < 1.29 is 4.42 Å². The molecule has 3 nitrogen and oxygen atoms in total. The number of benzene rings is 1. The second kappa shape index (κ2) is 6.20. The highest BCUT2D eigenvalue weighted by Crippen LogP contribution is 2.29. The van der Waals surface area contributed by atoms with Crippen LogP contribution in [-0.2, 0) is 0 Å².